The third-order valence-corrected chi connectivity index (χ3v) is 7.83. The molecule has 2 aliphatic rings. The summed E-state index contributed by atoms with van der Waals surface area (Å²) in [6.45, 7) is 2.22. The fourth-order valence-electron chi connectivity index (χ4n) is 4.34. The summed E-state index contributed by atoms with van der Waals surface area (Å²) < 4.78 is 37.0. The number of ether oxygens (including phenoxy) is 1. The van der Waals surface area contributed by atoms with E-state index < -0.39 is 10.1 Å². The first-order chi connectivity index (χ1) is 13.9. The Hall–Kier alpha value is -1.47. The van der Waals surface area contributed by atoms with Crippen molar-refractivity contribution in [1.29, 1.82) is 0 Å². The summed E-state index contributed by atoms with van der Waals surface area (Å²) in [5.41, 5.74) is 1.76. The molecule has 29 heavy (non-hydrogen) atoms. The normalized spacial score (nSPS) is 19.8. The molecule has 0 aromatic heterocycles. The molecule has 1 heterocycles. The van der Waals surface area contributed by atoms with Gasteiger partial charge in [0.25, 0.3) is 0 Å². The van der Waals surface area contributed by atoms with E-state index in [-0.39, 0.29) is 15.7 Å². The first-order valence-corrected chi connectivity index (χ1v) is 11.9. The summed E-state index contributed by atoms with van der Waals surface area (Å²) >= 11 is 11.9. The van der Waals surface area contributed by atoms with E-state index in [2.05, 4.69) is 4.90 Å². The van der Waals surface area contributed by atoms with Crippen molar-refractivity contribution in [2.24, 2.45) is 0 Å². The van der Waals surface area contributed by atoms with Crippen LogP contribution in [0.4, 0.5) is 0 Å². The van der Waals surface area contributed by atoms with Gasteiger partial charge in [-0.3, -0.25) is 0 Å². The van der Waals surface area contributed by atoms with Crippen molar-refractivity contribution >= 4 is 33.3 Å². The van der Waals surface area contributed by atoms with Gasteiger partial charge in [-0.1, -0.05) is 23.2 Å². The molecule has 0 saturated carbocycles. The lowest BCUT2D eigenvalue weighted by atomic mass is 9.87. The second-order valence-electron chi connectivity index (χ2n) is 7.48. The van der Waals surface area contributed by atoms with Crippen LogP contribution in [0.2, 0.25) is 10.0 Å². The lowest BCUT2D eigenvalue weighted by Crippen LogP contribution is -2.37. The molecule has 1 aliphatic heterocycles. The molecule has 0 unspecified atom stereocenters. The summed E-state index contributed by atoms with van der Waals surface area (Å²) in [6, 6.07) is 8.12. The van der Waals surface area contributed by atoms with E-state index >= 15 is 0 Å². The summed E-state index contributed by atoms with van der Waals surface area (Å²) in [5.74, 6) is 0.868. The number of hydrogen-bond donors (Lipinski definition) is 0. The Morgan fingerprint density at radius 2 is 1.79 bits per heavy atom. The first kappa shape index (κ1) is 20.8. The van der Waals surface area contributed by atoms with Gasteiger partial charge in [0, 0.05) is 17.7 Å². The van der Waals surface area contributed by atoms with Crippen molar-refractivity contribution in [1.82, 2.24) is 4.90 Å². The predicted molar refractivity (Wildman–Crippen MR) is 114 cm³/mol. The molecule has 1 atom stereocenters. The number of benzene rings is 2. The summed E-state index contributed by atoms with van der Waals surface area (Å²) in [5, 5.41) is 0.579. The highest BCUT2D eigenvalue weighted by molar-refractivity contribution is 7.87. The number of halogens is 2. The second-order valence-corrected chi connectivity index (χ2v) is 9.81. The van der Waals surface area contributed by atoms with E-state index in [0.717, 1.165) is 42.8 Å². The number of likely N-dealkylation sites (tertiary alicyclic amines) is 1. The van der Waals surface area contributed by atoms with Crippen LogP contribution in [0.15, 0.2) is 35.2 Å². The second kappa shape index (κ2) is 8.34. The molecule has 0 amide bonds. The van der Waals surface area contributed by atoms with Gasteiger partial charge in [0.1, 0.15) is 16.4 Å². The van der Waals surface area contributed by atoms with Gasteiger partial charge in [0.15, 0.2) is 0 Å². The maximum absolute atomic E-state index is 13.1. The minimum atomic E-state index is -4.02. The fraction of sp³-hybridized carbons (Fsp3) is 0.429. The number of methoxy groups -OCH3 is 1. The van der Waals surface area contributed by atoms with Crippen LogP contribution in [0.3, 0.4) is 0 Å². The molecular weight excluding hydrogens is 433 g/mol. The molecule has 0 radical (unpaired) electrons. The van der Waals surface area contributed by atoms with Crippen molar-refractivity contribution in [3.8, 4) is 11.5 Å². The van der Waals surface area contributed by atoms with E-state index in [4.69, 9.17) is 32.1 Å². The van der Waals surface area contributed by atoms with E-state index in [0.29, 0.717) is 17.5 Å². The molecule has 0 bridgehead atoms. The van der Waals surface area contributed by atoms with Crippen LogP contribution in [-0.4, -0.2) is 39.6 Å². The quantitative estimate of drug-likeness (QED) is 0.610. The number of nitrogens with zero attached hydrogens (tertiary/aromatic N) is 1. The highest BCUT2D eigenvalue weighted by atomic mass is 35.5. The zero-order chi connectivity index (χ0) is 20.6. The minimum Gasteiger partial charge on any atom is -0.496 e. The first-order valence-electron chi connectivity index (χ1n) is 9.71. The van der Waals surface area contributed by atoms with E-state index in [1.165, 1.54) is 31.0 Å². The predicted octanol–water partition coefficient (Wildman–Crippen LogP) is 4.72. The average molecular weight is 456 g/mol. The Balaban J connectivity index is 1.67. The maximum atomic E-state index is 13.1. The molecule has 2 aromatic rings. The van der Waals surface area contributed by atoms with Crippen molar-refractivity contribution in [2.75, 3.05) is 20.2 Å². The molecule has 0 spiro atoms. The molecule has 8 heteroatoms. The largest absolute Gasteiger partial charge is 0.496 e. The van der Waals surface area contributed by atoms with Crippen molar-refractivity contribution in [2.45, 2.75) is 43.0 Å². The van der Waals surface area contributed by atoms with Gasteiger partial charge in [0.2, 0.25) is 0 Å². The SMILES string of the molecule is COc1ccc(S(=O)(=O)Oc2ccc(Cl)c(Cl)c2)c2c1C[C@H](N1CCCC1)CC2. The highest BCUT2D eigenvalue weighted by Crippen LogP contribution is 2.37. The Labute approximate surface area is 181 Å². The molecule has 4 rings (SSSR count). The van der Waals surface area contributed by atoms with E-state index in [9.17, 15) is 8.42 Å². The molecule has 0 N–H and O–H groups in total. The zero-order valence-electron chi connectivity index (χ0n) is 16.2. The van der Waals surface area contributed by atoms with Crippen LogP contribution >= 0.6 is 23.2 Å². The minimum absolute atomic E-state index is 0.134. The number of hydrogen-bond acceptors (Lipinski definition) is 5. The Morgan fingerprint density at radius 3 is 2.48 bits per heavy atom. The number of fused-ring (bicyclic) bond motifs is 1. The van der Waals surface area contributed by atoms with E-state index in [1.807, 2.05) is 0 Å². The van der Waals surface area contributed by atoms with Gasteiger partial charge in [-0.15, -0.1) is 0 Å². The van der Waals surface area contributed by atoms with Crippen LogP contribution < -0.4 is 8.92 Å². The standard InChI is InChI=1S/C21H23Cl2NO4S/c1-27-20-8-9-21(29(25,26)28-15-5-7-18(22)19(23)13-15)16-6-4-14(12-17(16)20)24-10-2-3-11-24/h5,7-9,13-14H,2-4,6,10-12H2,1H3/t14-/m1/s1. The third-order valence-electron chi connectivity index (χ3n) is 5.76. The molecular formula is C21H23Cl2NO4S. The Kier molecular flexibility index (Phi) is 5.98. The fourth-order valence-corrected chi connectivity index (χ4v) is 5.84. The number of rotatable bonds is 5. The molecule has 1 aliphatic carbocycles. The molecule has 5 nitrogen and oxygen atoms in total. The zero-order valence-corrected chi connectivity index (χ0v) is 18.5. The molecule has 156 valence electrons. The van der Waals surface area contributed by atoms with Crippen LogP contribution in [0.1, 0.15) is 30.4 Å². The third kappa shape index (κ3) is 4.22. The van der Waals surface area contributed by atoms with E-state index in [1.54, 1.807) is 19.2 Å². The van der Waals surface area contributed by atoms with Gasteiger partial charge < -0.3 is 13.8 Å². The highest BCUT2D eigenvalue weighted by Gasteiger charge is 2.32. The van der Waals surface area contributed by atoms with Crippen LogP contribution in [0.5, 0.6) is 11.5 Å². The summed E-state index contributed by atoms with van der Waals surface area (Å²) in [4.78, 5) is 2.70. The summed E-state index contributed by atoms with van der Waals surface area (Å²) in [7, 11) is -2.40. The Bertz CT molecular complexity index is 1020. The monoisotopic (exact) mass is 455 g/mol. The maximum Gasteiger partial charge on any atom is 0.339 e. The van der Waals surface area contributed by atoms with Gasteiger partial charge in [-0.25, -0.2) is 0 Å². The van der Waals surface area contributed by atoms with Gasteiger partial charge >= 0.3 is 10.1 Å². The van der Waals surface area contributed by atoms with Crippen molar-refractivity contribution < 1.29 is 17.3 Å². The van der Waals surface area contributed by atoms with Crippen LogP contribution in [0, 0.1) is 0 Å². The van der Waals surface area contributed by atoms with Gasteiger partial charge in [-0.2, -0.15) is 8.42 Å². The average Bonchev–Trinajstić information content (AvgIpc) is 3.24. The Morgan fingerprint density at radius 1 is 1.03 bits per heavy atom. The summed E-state index contributed by atoms with van der Waals surface area (Å²) in [6.07, 6.45) is 4.84. The van der Waals surface area contributed by atoms with Gasteiger partial charge in [0.05, 0.1) is 17.2 Å². The van der Waals surface area contributed by atoms with Crippen molar-refractivity contribution in [3.63, 3.8) is 0 Å². The lowest BCUT2D eigenvalue weighted by molar-refractivity contribution is 0.219. The van der Waals surface area contributed by atoms with Crippen LogP contribution in [0.25, 0.3) is 0 Å². The molecule has 2 aromatic carbocycles. The lowest BCUT2D eigenvalue weighted by Gasteiger charge is -2.33. The van der Waals surface area contributed by atoms with Crippen molar-refractivity contribution in [3.05, 3.63) is 51.5 Å². The van der Waals surface area contributed by atoms with Crippen LogP contribution in [-0.2, 0) is 23.0 Å². The molecule has 1 saturated heterocycles. The van der Waals surface area contributed by atoms with Gasteiger partial charge in [-0.05, 0) is 75.0 Å². The topological polar surface area (TPSA) is 55.8 Å². The molecule has 1 fully saturated rings. The smallest absolute Gasteiger partial charge is 0.339 e.